The van der Waals surface area contributed by atoms with E-state index in [1.165, 1.54) is 6.20 Å². The summed E-state index contributed by atoms with van der Waals surface area (Å²) < 4.78 is 17.1. The smallest absolute Gasteiger partial charge is 0.252 e. The van der Waals surface area contributed by atoms with Crippen LogP contribution >= 0.6 is 0 Å². The van der Waals surface area contributed by atoms with Gasteiger partial charge in [0.1, 0.15) is 5.75 Å². The number of hydrogen-bond acceptors (Lipinski definition) is 7. The standard InChI is InChI=1S/C25H32N4O4/c1-5-29(6-2)12-9-13-33-23-15-20-17(14-22(23)32-4)24(18(16-27-20)25(26)30)28-19-10-7-8-11-21(19)31-3/h7-8,10-11,14-16H,5-6,9,12-13H2,1-4H3,(H2,26,30)(H,27,28). The second-order valence-electron chi connectivity index (χ2n) is 7.49. The molecule has 0 bridgehead atoms. The highest BCUT2D eigenvalue weighted by atomic mass is 16.5. The van der Waals surface area contributed by atoms with Crippen molar-refractivity contribution in [2.24, 2.45) is 5.73 Å². The van der Waals surface area contributed by atoms with Crippen LogP contribution in [0.3, 0.4) is 0 Å². The number of benzene rings is 2. The molecule has 3 rings (SSSR count). The van der Waals surface area contributed by atoms with E-state index in [1.54, 1.807) is 14.2 Å². The lowest BCUT2D eigenvalue weighted by atomic mass is 10.1. The van der Waals surface area contributed by atoms with Gasteiger partial charge in [-0.1, -0.05) is 26.0 Å². The van der Waals surface area contributed by atoms with Crippen molar-refractivity contribution in [2.75, 3.05) is 45.8 Å². The van der Waals surface area contributed by atoms with Crippen LogP contribution in [0, 0.1) is 0 Å². The predicted octanol–water partition coefficient (Wildman–Crippen LogP) is 4.21. The molecule has 1 aromatic heterocycles. The monoisotopic (exact) mass is 452 g/mol. The van der Waals surface area contributed by atoms with Crippen LogP contribution in [0.5, 0.6) is 17.2 Å². The first-order chi connectivity index (χ1) is 16.0. The quantitative estimate of drug-likeness (QED) is 0.397. The topological polar surface area (TPSA) is 98.9 Å². The highest BCUT2D eigenvalue weighted by Crippen LogP contribution is 2.38. The van der Waals surface area contributed by atoms with E-state index in [9.17, 15) is 4.79 Å². The highest BCUT2D eigenvalue weighted by Gasteiger charge is 2.18. The molecule has 1 amide bonds. The molecule has 3 aromatic rings. The van der Waals surface area contributed by atoms with Gasteiger partial charge in [0.05, 0.1) is 43.3 Å². The van der Waals surface area contributed by atoms with E-state index in [-0.39, 0.29) is 5.56 Å². The summed E-state index contributed by atoms with van der Waals surface area (Å²) in [5, 5.41) is 3.98. The van der Waals surface area contributed by atoms with Crippen molar-refractivity contribution in [2.45, 2.75) is 20.3 Å². The van der Waals surface area contributed by atoms with Gasteiger partial charge in [-0.25, -0.2) is 0 Å². The molecule has 2 aromatic carbocycles. The summed E-state index contributed by atoms with van der Waals surface area (Å²) in [5.41, 5.74) is 7.80. The summed E-state index contributed by atoms with van der Waals surface area (Å²) in [6.45, 7) is 7.87. The zero-order valence-corrected chi connectivity index (χ0v) is 19.7. The van der Waals surface area contributed by atoms with E-state index in [4.69, 9.17) is 19.9 Å². The van der Waals surface area contributed by atoms with Gasteiger partial charge in [-0.3, -0.25) is 9.78 Å². The molecular formula is C25H32N4O4. The van der Waals surface area contributed by atoms with Gasteiger partial charge < -0.3 is 30.2 Å². The Morgan fingerprint density at radius 1 is 1.06 bits per heavy atom. The van der Waals surface area contributed by atoms with Crippen LogP contribution in [0.15, 0.2) is 42.6 Å². The van der Waals surface area contributed by atoms with Gasteiger partial charge in [-0.05, 0) is 37.7 Å². The van der Waals surface area contributed by atoms with E-state index < -0.39 is 5.91 Å². The van der Waals surface area contributed by atoms with E-state index in [1.807, 2.05) is 36.4 Å². The lowest BCUT2D eigenvalue weighted by molar-refractivity contribution is 0.100. The highest BCUT2D eigenvalue weighted by molar-refractivity contribution is 6.08. The normalized spacial score (nSPS) is 10.9. The minimum Gasteiger partial charge on any atom is -0.495 e. The molecule has 0 atom stereocenters. The first kappa shape index (κ1) is 24.1. The Morgan fingerprint density at radius 2 is 1.79 bits per heavy atom. The molecule has 0 saturated heterocycles. The second-order valence-corrected chi connectivity index (χ2v) is 7.49. The molecule has 0 unspecified atom stereocenters. The number of carbonyl (C=O) groups excluding carboxylic acids is 1. The SMILES string of the molecule is CCN(CC)CCCOc1cc2ncc(C(N)=O)c(Nc3ccccc3OC)c2cc1OC. The number of fused-ring (bicyclic) bond motifs is 1. The van der Waals surface area contributed by atoms with Gasteiger partial charge in [0.15, 0.2) is 11.5 Å². The van der Waals surface area contributed by atoms with Gasteiger partial charge in [0.25, 0.3) is 5.91 Å². The number of methoxy groups -OCH3 is 2. The summed E-state index contributed by atoms with van der Waals surface area (Å²) in [6, 6.07) is 11.1. The van der Waals surface area contributed by atoms with Crippen LogP contribution in [0.4, 0.5) is 11.4 Å². The number of carbonyl (C=O) groups is 1. The van der Waals surface area contributed by atoms with E-state index in [0.29, 0.717) is 46.1 Å². The Balaban J connectivity index is 1.96. The van der Waals surface area contributed by atoms with Gasteiger partial charge in [-0.2, -0.15) is 0 Å². The summed E-state index contributed by atoms with van der Waals surface area (Å²) in [7, 11) is 3.18. The molecule has 0 aliphatic heterocycles. The molecule has 176 valence electrons. The Morgan fingerprint density at radius 3 is 2.45 bits per heavy atom. The Kier molecular flexibility index (Phi) is 8.32. The zero-order valence-electron chi connectivity index (χ0n) is 19.7. The summed E-state index contributed by atoms with van der Waals surface area (Å²) in [5.74, 6) is 1.21. The largest absolute Gasteiger partial charge is 0.495 e. The summed E-state index contributed by atoms with van der Waals surface area (Å²) in [4.78, 5) is 19.0. The number of para-hydroxylation sites is 2. The van der Waals surface area contributed by atoms with Crippen LogP contribution in [0.2, 0.25) is 0 Å². The third kappa shape index (κ3) is 5.64. The summed E-state index contributed by atoms with van der Waals surface area (Å²) >= 11 is 0. The number of aromatic nitrogens is 1. The van der Waals surface area contributed by atoms with Gasteiger partial charge >= 0.3 is 0 Å². The average Bonchev–Trinajstić information content (AvgIpc) is 2.83. The van der Waals surface area contributed by atoms with Crippen molar-refractivity contribution in [3.8, 4) is 17.2 Å². The molecule has 3 N–H and O–H groups in total. The van der Waals surface area contributed by atoms with E-state index in [0.717, 1.165) is 26.1 Å². The van der Waals surface area contributed by atoms with Gasteiger partial charge in [-0.15, -0.1) is 0 Å². The van der Waals surface area contributed by atoms with Gasteiger partial charge in [0.2, 0.25) is 0 Å². The Bertz CT molecular complexity index is 1100. The molecule has 33 heavy (non-hydrogen) atoms. The fourth-order valence-electron chi connectivity index (χ4n) is 3.69. The number of anilines is 2. The van der Waals surface area contributed by atoms with Crippen molar-refractivity contribution in [3.63, 3.8) is 0 Å². The number of nitrogens with one attached hydrogen (secondary N) is 1. The molecule has 1 heterocycles. The minimum absolute atomic E-state index is 0.267. The Labute approximate surface area is 194 Å². The molecule has 0 radical (unpaired) electrons. The maximum atomic E-state index is 12.2. The molecule has 0 aliphatic rings. The molecular weight excluding hydrogens is 420 g/mol. The minimum atomic E-state index is -0.586. The lowest BCUT2D eigenvalue weighted by Gasteiger charge is -2.19. The molecule has 8 nitrogen and oxygen atoms in total. The maximum Gasteiger partial charge on any atom is 0.252 e. The zero-order chi connectivity index (χ0) is 23.8. The van der Waals surface area contributed by atoms with Crippen LogP contribution in [0.1, 0.15) is 30.6 Å². The summed E-state index contributed by atoms with van der Waals surface area (Å²) in [6.07, 6.45) is 2.37. The van der Waals surface area contributed by atoms with E-state index in [2.05, 4.69) is 29.0 Å². The fraction of sp³-hybridized carbons (Fsp3) is 0.360. The fourth-order valence-corrected chi connectivity index (χ4v) is 3.69. The number of nitrogens with zero attached hydrogens (tertiary/aromatic N) is 2. The van der Waals surface area contributed by atoms with Crippen molar-refractivity contribution in [1.82, 2.24) is 9.88 Å². The van der Waals surface area contributed by atoms with Crippen LogP contribution in [-0.4, -0.2) is 56.3 Å². The molecule has 0 fully saturated rings. The average molecular weight is 453 g/mol. The molecule has 8 heteroatoms. The second kappa shape index (κ2) is 11.4. The third-order valence-corrected chi connectivity index (χ3v) is 5.56. The van der Waals surface area contributed by atoms with Crippen molar-refractivity contribution < 1.29 is 19.0 Å². The lowest BCUT2D eigenvalue weighted by Crippen LogP contribution is -2.25. The van der Waals surface area contributed by atoms with Crippen molar-refractivity contribution >= 4 is 28.2 Å². The number of hydrogen-bond donors (Lipinski definition) is 2. The number of rotatable bonds is 12. The molecule has 0 aliphatic carbocycles. The maximum absolute atomic E-state index is 12.2. The number of primary amides is 1. The number of nitrogens with two attached hydrogens (primary N) is 1. The number of ether oxygens (including phenoxy) is 3. The van der Waals surface area contributed by atoms with Crippen molar-refractivity contribution in [1.29, 1.82) is 0 Å². The first-order valence-electron chi connectivity index (χ1n) is 11.1. The van der Waals surface area contributed by atoms with E-state index >= 15 is 0 Å². The number of amides is 1. The van der Waals surface area contributed by atoms with Crippen LogP contribution < -0.4 is 25.3 Å². The molecule has 0 saturated carbocycles. The first-order valence-corrected chi connectivity index (χ1v) is 11.1. The third-order valence-electron chi connectivity index (χ3n) is 5.56. The van der Waals surface area contributed by atoms with Crippen LogP contribution in [0.25, 0.3) is 10.9 Å². The van der Waals surface area contributed by atoms with Crippen molar-refractivity contribution in [3.05, 3.63) is 48.2 Å². The number of pyridine rings is 1. The Hall–Kier alpha value is -3.52. The van der Waals surface area contributed by atoms with Crippen LogP contribution in [-0.2, 0) is 0 Å². The molecule has 0 spiro atoms. The van der Waals surface area contributed by atoms with Gasteiger partial charge in [0, 0.05) is 24.2 Å². The predicted molar refractivity (Wildman–Crippen MR) is 131 cm³/mol.